The van der Waals surface area contributed by atoms with Gasteiger partial charge in [0.15, 0.2) is 11.5 Å². The molecule has 0 aliphatic heterocycles. The third-order valence-corrected chi connectivity index (χ3v) is 4.67. The first-order valence-corrected chi connectivity index (χ1v) is 8.71. The minimum Gasteiger partial charge on any atom is -0.493 e. The number of ether oxygens (including phenoxy) is 3. The third kappa shape index (κ3) is 4.17. The summed E-state index contributed by atoms with van der Waals surface area (Å²) in [6, 6.07) is 8.62. The highest BCUT2D eigenvalue weighted by molar-refractivity contribution is 6.36. The van der Waals surface area contributed by atoms with Gasteiger partial charge < -0.3 is 19.5 Å². The molecule has 2 aromatic carbocycles. The topological polar surface area (TPSA) is 56.8 Å². The van der Waals surface area contributed by atoms with Crippen molar-refractivity contribution < 1.29 is 19.0 Å². The monoisotopic (exact) mass is 397 g/mol. The number of methoxy groups -OCH3 is 3. The standard InChI is InChI=1S/C19H21Cl2NO4/c1-11(16-13(20)6-5-7-14(16)21)10-22-19(23)12-8-9-15(24-2)18(26-4)17(12)25-3/h5-9,11H,10H2,1-4H3,(H,22,23). The lowest BCUT2D eigenvalue weighted by Crippen LogP contribution is -2.28. The molecule has 26 heavy (non-hydrogen) atoms. The van der Waals surface area contributed by atoms with Crippen LogP contribution in [0.4, 0.5) is 0 Å². The normalized spacial score (nSPS) is 11.6. The zero-order valence-corrected chi connectivity index (χ0v) is 16.6. The highest BCUT2D eigenvalue weighted by Gasteiger charge is 2.21. The molecule has 2 aromatic rings. The lowest BCUT2D eigenvalue weighted by Gasteiger charge is -2.18. The Hall–Kier alpha value is -2.11. The highest BCUT2D eigenvalue weighted by Crippen LogP contribution is 2.39. The van der Waals surface area contributed by atoms with Gasteiger partial charge >= 0.3 is 0 Å². The molecule has 0 radical (unpaired) electrons. The Bertz CT molecular complexity index is 775. The van der Waals surface area contributed by atoms with Crippen molar-refractivity contribution in [2.75, 3.05) is 27.9 Å². The second-order valence-electron chi connectivity index (χ2n) is 5.63. The van der Waals surface area contributed by atoms with E-state index in [4.69, 9.17) is 37.4 Å². The molecule has 0 bridgehead atoms. The number of hydrogen-bond acceptors (Lipinski definition) is 4. The summed E-state index contributed by atoms with van der Waals surface area (Å²) in [7, 11) is 4.48. The lowest BCUT2D eigenvalue weighted by molar-refractivity contribution is 0.0948. The van der Waals surface area contributed by atoms with Crippen molar-refractivity contribution in [1.29, 1.82) is 0 Å². The van der Waals surface area contributed by atoms with Crippen LogP contribution in [0.25, 0.3) is 0 Å². The summed E-state index contributed by atoms with van der Waals surface area (Å²) < 4.78 is 15.9. The molecule has 0 saturated heterocycles. The van der Waals surface area contributed by atoms with Gasteiger partial charge in [0.25, 0.3) is 5.91 Å². The van der Waals surface area contributed by atoms with Crippen molar-refractivity contribution in [1.82, 2.24) is 5.32 Å². The molecule has 1 unspecified atom stereocenters. The van der Waals surface area contributed by atoms with E-state index < -0.39 is 0 Å². The largest absolute Gasteiger partial charge is 0.493 e. The number of benzene rings is 2. The zero-order chi connectivity index (χ0) is 19.3. The van der Waals surface area contributed by atoms with Gasteiger partial charge in [0.05, 0.1) is 26.9 Å². The van der Waals surface area contributed by atoms with E-state index in [1.165, 1.54) is 21.3 Å². The summed E-state index contributed by atoms with van der Waals surface area (Å²) in [4.78, 5) is 12.6. The van der Waals surface area contributed by atoms with Gasteiger partial charge in [-0.15, -0.1) is 0 Å². The molecule has 0 fully saturated rings. The number of hydrogen-bond donors (Lipinski definition) is 1. The van der Waals surface area contributed by atoms with E-state index in [9.17, 15) is 4.79 Å². The van der Waals surface area contributed by atoms with E-state index in [2.05, 4.69) is 5.32 Å². The van der Waals surface area contributed by atoms with Crippen molar-refractivity contribution in [3.63, 3.8) is 0 Å². The van der Waals surface area contributed by atoms with Crippen molar-refractivity contribution >= 4 is 29.1 Å². The van der Waals surface area contributed by atoms with Crippen LogP contribution in [0.1, 0.15) is 28.8 Å². The second kappa shape index (κ2) is 9.01. The molecular formula is C19H21Cl2NO4. The van der Waals surface area contributed by atoms with Gasteiger partial charge in [-0.2, -0.15) is 0 Å². The second-order valence-corrected chi connectivity index (χ2v) is 6.44. The summed E-state index contributed by atoms with van der Waals surface area (Å²) in [6.45, 7) is 2.30. The fourth-order valence-corrected chi connectivity index (χ4v) is 3.47. The van der Waals surface area contributed by atoms with Crippen molar-refractivity contribution in [3.8, 4) is 17.2 Å². The molecular weight excluding hydrogens is 377 g/mol. The van der Waals surface area contributed by atoms with Gasteiger partial charge in [-0.05, 0) is 29.8 Å². The van der Waals surface area contributed by atoms with E-state index in [0.29, 0.717) is 39.4 Å². The Morgan fingerprint density at radius 3 is 2.15 bits per heavy atom. The van der Waals surface area contributed by atoms with Crippen LogP contribution in [-0.4, -0.2) is 33.8 Å². The number of rotatable bonds is 7. The van der Waals surface area contributed by atoms with Gasteiger partial charge in [0, 0.05) is 22.5 Å². The predicted molar refractivity (Wildman–Crippen MR) is 103 cm³/mol. The van der Waals surface area contributed by atoms with E-state index >= 15 is 0 Å². The number of nitrogens with one attached hydrogen (secondary N) is 1. The first-order chi connectivity index (χ1) is 12.4. The van der Waals surface area contributed by atoms with E-state index in [-0.39, 0.29) is 11.8 Å². The van der Waals surface area contributed by atoms with Crippen LogP contribution >= 0.6 is 23.2 Å². The lowest BCUT2D eigenvalue weighted by atomic mass is 10.0. The first kappa shape index (κ1) is 20.2. The van der Waals surface area contributed by atoms with Crippen LogP contribution in [0.3, 0.4) is 0 Å². The molecule has 1 atom stereocenters. The van der Waals surface area contributed by atoms with Crippen LogP contribution in [0.2, 0.25) is 10.0 Å². The smallest absolute Gasteiger partial charge is 0.255 e. The number of halogens is 2. The summed E-state index contributed by atoms with van der Waals surface area (Å²) in [5.41, 5.74) is 1.15. The molecule has 0 heterocycles. The predicted octanol–water partition coefficient (Wildman–Crippen LogP) is 4.55. The van der Waals surface area contributed by atoms with Crippen LogP contribution in [0.15, 0.2) is 30.3 Å². The third-order valence-electron chi connectivity index (χ3n) is 4.01. The SMILES string of the molecule is COc1ccc(C(=O)NCC(C)c2c(Cl)cccc2Cl)c(OC)c1OC. The maximum absolute atomic E-state index is 12.6. The van der Waals surface area contributed by atoms with E-state index in [0.717, 1.165) is 5.56 Å². The molecule has 140 valence electrons. The molecule has 0 saturated carbocycles. The molecule has 5 nitrogen and oxygen atoms in total. The molecule has 2 rings (SSSR count). The Balaban J connectivity index is 2.20. The Labute approximate surface area is 163 Å². The van der Waals surface area contributed by atoms with Crippen LogP contribution < -0.4 is 19.5 Å². The Morgan fingerprint density at radius 1 is 1.00 bits per heavy atom. The molecule has 0 aromatic heterocycles. The van der Waals surface area contributed by atoms with Crippen LogP contribution in [0, 0.1) is 0 Å². The summed E-state index contributed by atoms with van der Waals surface area (Å²) in [5.74, 6) is 0.805. The average molecular weight is 398 g/mol. The summed E-state index contributed by atoms with van der Waals surface area (Å²) in [5, 5.41) is 4.03. The number of carbonyl (C=O) groups excluding carboxylic acids is 1. The minimum atomic E-state index is -0.294. The molecule has 1 N–H and O–H groups in total. The maximum atomic E-state index is 12.6. The molecule has 0 aliphatic rings. The zero-order valence-electron chi connectivity index (χ0n) is 15.1. The Kier molecular flexibility index (Phi) is 7.00. The van der Waals surface area contributed by atoms with Crippen LogP contribution in [0.5, 0.6) is 17.2 Å². The number of carbonyl (C=O) groups is 1. The van der Waals surface area contributed by atoms with Gasteiger partial charge in [-0.25, -0.2) is 0 Å². The maximum Gasteiger partial charge on any atom is 0.255 e. The van der Waals surface area contributed by atoms with Gasteiger partial charge in [-0.3, -0.25) is 4.79 Å². The van der Waals surface area contributed by atoms with Crippen molar-refractivity contribution in [3.05, 3.63) is 51.5 Å². The molecule has 0 spiro atoms. The first-order valence-electron chi connectivity index (χ1n) is 7.95. The van der Waals surface area contributed by atoms with Crippen molar-refractivity contribution in [2.45, 2.75) is 12.8 Å². The minimum absolute atomic E-state index is 0.0636. The number of amides is 1. The van der Waals surface area contributed by atoms with Gasteiger partial charge in [0.2, 0.25) is 5.75 Å². The van der Waals surface area contributed by atoms with E-state index in [1.807, 2.05) is 6.92 Å². The van der Waals surface area contributed by atoms with E-state index in [1.54, 1.807) is 30.3 Å². The molecule has 1 amide bonds. The highest BCUT2D eigenvalue weighted by atomic mass is 35.5. The average Bonchev–Trinajstić information content (AvgIpc) is 2.64. The van der Waals surface area contributed by atoms with Crippen molar-refractivity contribution in [2.24, 2.45) is 0 Å². The quantitative estimate of drug-likeness (QED) is 0.744. The van der Waals surface area contributed by atoms with Crippen LogP contribution in [-0.2, 0) is 0 Å². The Morgan fingerprint density at radius 2 is 1.62 bits per heavy atom. The summed E-state index contributed by atoms with van der Waals surface area (Å²) in [6.07, 6.45) is 0. The van der Waals surface area contributed by atoms with Gasteiger partial charge in [0.1, 0.15) is 0 Å². The molecule has 7 heteroatoms. The fourth-order valence-electron chi connectivity index (χ4n) is 2.70. The summed E-state index contributed by atoms with van der Waals surface area (Å²) >= 11 is 12.5. The van der Waals surface area contributed by atoms with Gasteiger partial charge in [-0.1, -0.05) is 36.2 Å². The molecule has 0 aliphatic carbocycles. The fraction of sp³-hybridized carbons (Fsp3) is 0.316.